The summed E-state index contributed by atoms with van der Waals surface area (Å²) in [4.78, 5) is 2.43. The van der Waals surface area contributed by atoms with Crippen molar-refractivity contribution in [1.29, 1.82) is 0 Å². The average molecular weight is 293 g/mol. The van der Waals surface area contributed by atoms with Crippen LogP contribution in [0.5, 0.6) is 5.75 Å². The van der Waals surface area contributed by atoms with Gasteiger partial charge >= 0.3 is 0 Å². The predicted octanol–water partition coefficient (Wildman–Crippen LogP) is 2.16. The molecule has 2 N–H and O–H groups in total. The molecule has 0 unspecified atom stereocenters. The molecule has 0 spiro atoms. The number of ether oxygens (including phenoxy) is 1. The molecule has 15 heavy (non-hydrogen) atoms. The van der Waals surface area contributed by atoms with E-state index in [1.54, 1.807) is 0 Å². The molecule has 82 valence electrons. The summed E-state index contributed by atoms with van der Waals surface area (Å²) in [5.41, 5.74) is 1.98. The van der Waals surface area contributed by atoms with Crippen LogP contribution in [0.15, 0.2) is 16.6 Å². The summed E-state index contributed by atoms with van der Waals surface area (Å²) in [6.07, 6.45) is 0.299. The largest absolute Gasteiger partial charge is 0.492 e. The van der Waals surface area contributed by atoms with Crippen LogP contribution in [0.4, 0.5) is 0 Å². The molecule has 1 aromatic carbocycles. The smallest absolute Gasteiger partial charge is 0.136 e. The molecule has 3 nitrogen and oxygen atoms in total. The Morgan fingerprint density at radius 1 is 1.60 bits per heavy atom. The number of aliphatic hydroxyl groups excluding tert-OH is 1. The van der Waals surface area contributed by atoms with Crippen molar-refractivity contribution in [2.75, 3.05) is 13.2 Å². The second-order valence-electron chi connectivity index (χ2n) is 3.44. The molecular weight excluding hydrogens is 281 g/mol. The Bertz CT molecular complexity index is 373. The molecule has 0 saturated heterocycles. The fraction of sp³-hybridized carbons (Fsp3) is 0.400. The van der Waals surface area contributed by atoms with E-state index in [1.165, 1.54) is 0 Å². The van der Waals surface area contributed by atoms with Gasteiger partial charge in [0.25, 0.3) is 0 Å². The van der Waals surface area contributed by atoms with E-state index in [4.69, 9.17) is 16.5 Å². The van der Waals surface area contributed by atoms with E-state index in [0.717, 1.165) is 27.8 Å². The van der Waals surface area contributed by atoms with Crippen LogP contribution < -0.4 is 9.57 Å². The number of rotatable bonds is 3. The minimum Gasteiger partial charge on any atom is -0.492 e. The summed E-state index contributed by atoms with van der Waals surface area (Å²) in [5, 5.41) is 9.77. The second-order valence-corrected chi connectivity index (χ2v) is 4.56. The van der Waals surface area contributed by atoms with Crippen molar-refractivity contribution in [3.63, 3.8) is 0 Å². The minimum absolute atomic E-state index is 0.327. The molecule has 0 radical (unpaired) electrons. The molecule has 1 aliphatic heterocycles. The Labute approximate surface area is 102 Å². The van der Waals surface area contributed by atoms with E-state index in [-0.39, 0.29) is 0 Å². The van der Waals surface area contributed by atoms with Gasteiger partial charge in [0.1, 0.15) is 5.75 Å². The Kier molecular flexibility index (Phi) is 3.51. The highest BCUT2D eigenvalue weighted by molar-refractivity contribution is 9.10. The first-order valence-electron chi connectivity index (χ1n) is 4.69. The van der Waals surface area contributed by atoms with Crippen molar-refractivity contribution in [3.8, 4) is 5.75 Å². The van der Waals surface area contributed by atoms with Crippen LogP contribution in [0.3, 0.4) is 0 Å². The van der Waals surface area contributed by atoms with Crippen LogP contribution in [0.25, 0.3) is 0 Å². The van der Waals surface area contributed by atoms with E-state index in [9.17, 15) is 5.11 Å². The van der Waals surface area contributed by atoms with Crippen LogP contribution in [-0.4, -0.2) is 18.3 Å². The second kappa shape index (κ2) is 4.70. The number of halogens is 2. The lowest BCUT2D eigenvalue weighted by atomic mass is 10.0. The van der Waals surface area contributed by atoms with Gasteiger partial charge in [0, 0.05) is 13.0 Å². The summed E-state index contributed by atoms with van der Waals surface area (Å²) >= 11 is 8.78. The van der Waals surface area contributed by atoms with Crippen molar-refractivity contribution < 1.29 is 9.84 Å². The molecule has 0 aliphatic carbocycles. The van der Waals surface area contributed by atoms with Gasteiger partial charge < -0.3 is 9.84 Å². The van der Waals surface area contributed by atoms with Gasteiger partial charge in [-0.1, -0.05) is 0 Å². The van der Waals surface area contributed by atoms with Crippen molar-refractivity contribution in [2.45, 2.75) is 12.5 Å². The third-order valence-electron chi connectivity index (χ3n) is 2.42. The third kappa shape index (κ3) is 2.28. The van der Waals surface area contributed by atoms with Crippen LogP contribution in [0.1, 0.15) is 17.2 Å². The molecule has 0 bridgehead atoms. The van der Waals surface area contributed by atoms with Gasteiger partial charge in [-0.05, 0) is 51.0 Å². The first-order valence-corrected chi connectivity index (χ1v) is 5.86. The molecule has 0 amide bonds. The Morgan fingerprint density at radius 3 is 3.13 bits per heavy atom. The fourth-order valence-electron chi connectivity index (χ4n) is 1.67. The summed E-state index contributed by atoms with van der Waals surface area (Å²) in [6.45, 7) is 1.04. The van der Waals surface area contributed by atoms with E-state index in [1.807, 2.05) is 12.1 Å². The van der Waals surface area contributed by atoms with E-state index in [2.05, 4.69) is 20.8 Å². The van der Waals surface area contributed by atoms with Gasteiger partial charge in [-0.15, -0.1) is 0 Å². The molecule has 0 saturated carbocycles. The zero-order valence-corrected chi connectivity index (χ0v) is 10.3. The molecule has 2 rings (SSSR count). The topological polar surface area (TPSA) is 41.5 Å². The number of benzene rings is 1. The van der Waals surface area contributed by atoms with Gasteiger partial charge in [0.15, 0.2) is 0 Å². The number of fused-ring (bicyclic) bond motifs is 1. The van der Waals surface area contributed by atoms with Gasteiger partial charge in [0.2, 0.25) is 0 Å². The summed E-state index contributed by atoms with van der Waals surface area (Å²) in [7, 11) is 0. The standard InChI is InChI=1S/C10H11BrClNO2/c11-8-4-7(9(14)5-13-12)3-6-1-2-15-10(6)8/h3-4,9,13-14H,1-2,5H2/t9-/m1/s1. The third-order valence-corrected chi connectivity index (χ3v) is 3.16. The summed E-state index contributed by atoms with van der Waals surface area (Å²) in [5.74, 6) is 0.893. The first kappa shape index (κ1) is 11.2. The number of nitrogens with one attached hydrogen (secondary N) is 1. The van der Waals surface area contributed by atoms with Gasteiger partial charge in [-0.2, -0.15) is 0 Å². The van der Waals surface area contributed by atoms with Crippen molar-refractivity contribution in [2.24, 2.45) is 0 Å². The van der Waals surface area contributed by atoms with Gasteiger partial charge in [0.05, 0.1) is 17.2 Å². The summed E-state index contributed by atoms with van der Waals surface area (Å²) < 4.78 is 6.34. The molecule has 5 heteroatoms. The van der Waals surface area contributed by atoms with Gasteiger partial charge in [-0.25, -0.2) is 4.84 Å². The lowest BCUT2D eigenvalue weighted by Crippen LogP contribution is -2.12. The summed E-state index contributed by atoms with van der Waals surface area (Å²) in [6, 6.07) is 3.83. The van der Waals surface area contributed by atoms with Gasteiger partial charge in [-0.3, -0.25) is 0 Å². The maximum Gasteiger partial charge on any atom is 0.136 e. The molecule has 0 aromatic heterocycles. The highest BCUT2D eigenvalue weighted by atomic mass is 79.9. The zero-order valence-electron chi connectivity index (χ0n) is 7.96. The lowest BCUT2D eigenvalue weighted by molar-refractivity contribution is 0.182. The lowest BCUT2D eigenvalue weighted by Gasteiger charge is -2.12. The Morgan fingerprint density at radius 2 is 2.40 bits per heavy atom. The fourth-order valence-corrected chi connectivity index (χ4v) is 2.45. The molecule has 1 heterocycles. The minimum atomic E-state index is -0.593. The average Bonchev–Trinajstić information content (AvgIpc) is 2.66. The van der Waals surface area contributed by atoms with Crippen molar-refractivity contribution >= 4 is 27.7 Å². The molecule has 1 atom stereocenters. The highest BCUT2D eigenvalue weighted by Gasteiger charge is 2.18. The monoisotopic (exact) mass is 291 g/mol. The first-order chi connectivity index (χ1) is 7.22. The molecule has 0 fully saturated rings. The number of hydrogen-bond donors (Lipinski definition) is 2. The quantitative estimate of drug-likeness (QED) is 0.839. The number of aliphatic hydroxyl groups is 1. The van der Waals surface area contributed by atoms with Crippen LogP contribution in [0.2, 0.25) is 0 Å². The van der Waals surface area contributed by atoms with Crippen LogP contribution >= 0.6 is 27.7 Å². The van der Waals surface area contributed by atoms with Crippen molar-refractivity contribution in [3.05, 3.63) is 27.7 Å². The van der Waals surface area contributed by atoms with Crippen molar-refractivity contribution in [1.82, 2.24) is 4.84 Å². The highest BCUT2D eigenvalue weighted by Crippen LogP contribution is 2.36. The predicted molar refractivity (Wildman–Crippen MR) is 62.2 cm³/mol. The van der Waals surface area contributed by atoms with Crippen LogP contribution in [-0.2, 0) is 6.42 Å². The van der Waals surface area contributed by atoms with E-state index in [0.29, 0.717) is 13.2 Å². The molecule has 1 aromatic rings. The maximum atomic E-state index is 9.77. The molecule has 1 aliphatic rings. The normalized spacial score (nSPS) is 15.9. The SMILES string of the molecule is O[C@H](CNCl)c1cc(Br)c2c(c1)CCO2. The maximum absolute atomic E-state index is 9.77. The van der Waals surface area contributed by atoms with Crippen LogP contribution in [0, 0.1) is 0 Å². The van der Waals surface area contributed by atoms with E-state index < -0.39 is 6.10 Å². The number of hydrogen-bond acceptors (Lipinski definition) is 3. The zero-order chi connectivity index (χ0) is 10.8. The van der Waals surface area contributed by atoms with E-state index >= 15 is 0 Å². The molecular formula is C10H11BrClNO2. The Balaban J connectivity index is 2.30. The Hall–Kier alpha value is -0.290.